The van der Waals surface area contributed by atoms with Crippen molar-refractivity contribution in [2.45, 2.75) is 50.3 Å². The van der Waals surface area contributed by atoms with Gasteiger partial charge in [-0.1, -0.05) is 6.08 Å². The molecule has 4 fully saturated rings. The average Bonchev–Trinajstić information content (AvgIpc) is 2.23. The topological polar surface area (TPSA) is 29.1 Å². The summed E-state index contributed by atoms with van der Waals surface area (Å²) >= 11 is 6.77. The number of hydrogen-bond acceptors (Lipinski definition) is 1. The van der Waals surface area contributed by atoms with Crippen LogP contribution in [0.3, 0.4) is 0 Å². The highest BCUT2D eigenvalue weighted by molar-refractivity contribution is 6.24. The van der Waals surface area contributed by atoms with Crippen LogP contribution >= 0.6 is 11.6 Å². The Bertz CT molecular complexity index is 376. The molecule has 4 rings (SSSR count). The summed E-state index contributed by atoms with van der Waals surface area (Å²) in [6.45, 7) is 2.69. The molecule has 2 nitrogen and oxygen atoms in total. The normalized spacial score (nSPS) is 45.7. The van der Waals surface area contributed by atoms with Crippen LogP contribution in [0.5, 0.6) is 0 Å². The fraction of sp³-hybridized carbons (Fsp3) is 0.800. The second-order valence-electron chi connectivity index (χ2n) is 6.83. The number of carbonyl (C=O) groups is 1. The monoisotopic (exact) mass is 267 g/mol. The van der Waals surface area contributed by atoms with Crippen LogP contribution in [0.1, 0.15) is 45.4 Å². The first kappa shape index (κ1) is 12.5. The summed E-state index contributed by atoms with van der Waals surface area (Å²) in [5.74, 6) is 1.65. The van der Waals surface area contributed by atoms with E-state index in [1.165, 1.54) is 32.1 Å². The lowest BCUT2D eigenvalue weighted by Gasteiger charge is -2.60. The number of alkyl halides is 1. The second kappa shape index (κ2) is 4.26. The van der Waals surface area contributed by atoms with Gasteiger partial charge < -0.3 is 5.32 Å². The Hall–Kier alpha value is -0.500. The number of hydrogen-bond donors (Lipinski definition) is 1. The molecular formula is C15H22ClNO. The van der Waals surface area contributed by atoms with Gasteiger partial charge >= 0.3 is 0 Å². The molecular weight excluding hydrogens is 246 g/mol. The van der Waals surface area contributed by atoms with Gasteiger partial charge in [0.05, 0.1) is 0 Å². The molecule has 0 saturated heterocycles. The van der Waals surface area contributed by atoms with E-state index in [2.05, 4.69) is 5.32 Å². The van der Waals surface area contributed by atoms with E-state index >= 15 is 0 Å². The number of carbonyl (C=O) groups excluding carboxylic acids is 1. The highest BCUT2D eigenvalue weighted by atomic mass is 35.5. The molecule has 18 heavy (non-hydrogen) atoms. The van der Waals surface area contributed by atoms with Crippen LogP contribution in [0.2, 0.25) is 0 Å². The first-order valence-corrected chi connectivity index (χ1v) is 7.50. The van der Waals surface area contributed by atoms with E-state index in [9.17, 15) is 4.79 Å². The average molecular weight is 268 g/mol. The van der Waals surface area contributed by atoms with Crippen molar-refractivity contribution in [3.63, 3.8) is 0 Å². The van der Waals surface area contributed by atoms with Gasteiger partial charge in [-0.05, 0) is 68.8 Å². The van der Waals surface area contributed by atoms with Crippen LogP contribution in [0.4, 0.5) is 0 Å². The van der Waals surface area contributed by atoms with E-state index in [1.807, 2.05) is 6.92 Å². The van der Waals surface area contributed by atoms with Gasteiger partial charge in [-0.3, -0.25) is 4.79 Å². The minimum Gasteiger partial charge on any atom is -0.352 e. The van der Waals surface area contributed by atoms with Crippen LogP contribution in [-0.4, -0.2) is 17.3 Å². The molecule has 2 atom stereocenters. The largest absolute Gasteiger partial charge is 0.352 e. The van der Waals surface area contributed by atoms with E-state index in [0.717, 1.165) is 24.8 Å². The van der Waals surface area contributed by atoms with Gasteiger partial charge in [0.15, 0.2) is 0 Å². The Balaban J connectivity index is 1.69. The van der Waals surface area contributed by atoms with Crippen molar-refractivity contribution in [3.05, 3.63) is 12.2 Å². The number of allylic oxidation sites excluding steroid dienone is 1. The molecule has 3 heteroatoms. The maximum atomic E-state index is 11.6. The van der Waals surface area contributed by atoms with Gasteiger partial charge in [0.25, 0.3) is 0 Å². The maximum absolute atomic E-state index is 11.6. The molecule has 0 spiro atoms. The van der Waals surface area contributed by atoms with Crippen molar-refractivity contribution >= 4 is 17.5 Å². The molecule has 0 heterocycles. The van der Waals surface area contributed by atoms with E-state index < -0.39 is 0 Å². The van der Waals surface area contributed by atoms with Crippen LogP contribution < -0.4 is 5.32 Å². The summed E-state index contributed by atoms with van der Waals surface area (Å²) in [6.07, 6.45) is 10.8. The Morgan fingerprint density at radius 2 is 2.00 bits per heavy atom. The Labute approximate surface area is 114 Å². The summed E-state index contributed by atoms with van der Waals surface area (Å²) in [7, 11) is 0. The van der Waals surface area contributed by atoms with E-state index in [4.69, 9.17) is 11.6 Å². The predicted octanol–water partition coefficient (Wildman–Crippen LogP) is 3.26. The number of halogens is 1. The fourth-order valence-electron chi connectivity index (χ4n) is 5.03. The van der Waals surface area contributed by atoms with Gasteiger partial charge in [-0.15, -0.1) is 11.6 Å². The molecule has 0 aromatic heterocycles. The zero-order valence-electron chi connectivity index (χ0n) is 11.0. The molecule has 4 aliphatic carbocycles. The third-order valence-corrected chi connectivity index (χ3v) is 5.51. The van der Waals surface area contributed by atoms with Gasteiger partial charge in [0, 0.05) is 11.4 Å². The van der Waals surface area contributed by atoms with E-state index in [0.29, 0.717) is 5.41 Å². The van der Waals surface area contributed by atoms with Gasteiger partial charge in [0.2, 0.25) is 5.91 Å². The van der Waals surface area contributed by atoms with Crippen molar-refractivity contribution in [3.8, 4) is 0 Å². The summed E-state index contributed by atoms with van der Waals surface area (Å²) in [5.41, 5.74) is 0.295. The first-order chi connectivity index (χ1) is 8.53. The standard InChI is InChI=1S/C15H22ClNO/c1-2-3-13(18)17-10-14-5-11-4-12(6-14)8-15(16,7-11)9-14/h2-3,11-12H,4-10H2,1H3,(H,17,18)/b3-2+. The zero-order chi connectivity index (χ0) is 12.8. The van der Waals surface area contributed by atoms with Crippen molar-refractivity contribution in [2.24, 2.45) is 17.3 Å². The van der Waals surface area contributed by atoms with Gasteiger partial charge in [0.1, 0.15) is 0 Å². The van der Waals surface area contributed by atoms with Gasteiger partial charge in [-0.25, -0.2) is 0 Å². The smallest absolute Gasteiger partial charge is 0.243 e. The van der Waals surface area contributed by atoms with Crippen molar-refractivity contribution in [1.82, 2.24) is 5.32 Å². The lowest BCUT2D eigenvalue weighted by Crippen LogP contribution is -2.56. The molecule has 0 aromatic rings. The van der Waals surface area contributed by atoms with Crippen molar-refractivity contribution < 1.29 is 4.79 Å². The number of rotatable bonds is 3. The predicted molar refractivity (Wildman–Crippen MR) is 73.5 cm³/mol. The van der Waals surface area contributed by atoms with E-state index in [-0.39, 0.29) is 10.8 Å². The zero-order valence-corrected chi connectivity index (χ0v) is 11.8. The molecule has 2 unspecified atom stereocenters. The van der Waals surface area contributed by atoms with Gasteiger partial charge in [-0.2, -0.15) is 0 Å². The summed E-state index contributed by atoms with van der Waals surface area (Å²) in [5, 5.41) is 3.07. The summed E-state index contributed by atoms with van der Waals surface area (Å²) in [4.78, 5) is 11.6. The summed E-state index contributed by atoms with van der Waals surface area (Å²) < 4.78 is 0. The molecule has 1 N–H and O–H groups in total. The lowest BCUT2D eigenvalue weighted by atomic mass is 9.49. The molecule has 4 bridgehead atoms. The van der Waals surface area contributed by atoms with Crippen LogP contribution in [-0.2, 0) is 4.79 Å². The third kappa shape index (κ3) is 2.20. The molecule has 4 saturated carbocycles. The van der Waals surface area contributed by atoms with Crippen LogP contribution in [0.25, 0.3) is 0 Å². The second-order valence-corrected chi connectivity index (χ2v) is 7.63. The summed E-state index contributed by atoms with van der Waals surface area (Å²) in [6, 6.07) is 0. The molecule has 1 amide bonds. The minimum absolute atomic E-state index is 0.0388. The molecule has 0 aliphatic heterocycles. The highest BCUT2D eigenvalue weighted by Gasteiger charge is 2.56. The first-order valence-electron chi connectivity index (χ1n) is 7.12. The fourth-order valence-corrected chi connectivity index (χ4v) is 5.75. The van der Waals surface area contributed by atoms with Crippen LogP contribution in [0.15, 0.2) is 12.2 Å². The van der Waals surface area contributed by atoms with Crippen LogP contribution in [0, 0.1) is 17.3 Å². The van der Waals surface area contributed by atoms with Crippen molar-refractivity contribution in [1.29, 1.82) is 0 Å². The van der Waals surface area contributed by atoms with E-state index in [1.54, 1.807) is 12.2 Å². The SMILES string of the molecule is C/C=C/C(=O)NCC12CC3CC(CC(Cl)(C3)C1)C2. The lowest BCUT2D eigenvalue weighted by molar-refractivity contribution is -0.118. The third-order valence-electron chi connectivity index (χ3n) is 5.07. The Morgan fingerprint density at radius 1 is 1.33 bits per heavy atom. The molecule has 4 aliphatic rings. The Kier molecular flexibility index (Phi) is 2.97. The number of amides is 1. The quantitative estimate of drug-likeness (QED) is 0.617. The Morgan fingerprint density at radius 3 is 2.56 bits per heavy atom. The molecule has 0 radical (unpaired) electrons. The molecule has 0 aromatic carbocycles. The molecule has 100 valence electrons. The minimum atomic E-state index is 0.0388. The van der Waals surface area contributed by atoms with Crippen molar-refractivity contribution in [2.75, 3.05) is 6.54 Å². The maximum Gasteiger partial charge on any atom is 0.243 e. The number of nitrogens with one attached hydrogen (secondary N) is 1. The highest BCUT2D eigenvalue weighted by Crippen LogP contribution is 2.63.